The molecule has 0 spiro atoms. The van der Waals surface area contributed by atoms with E-state index >= 15 is 0 Å². The lowest BCUT2D eigenvalue weighted by molar-refractivity contribution is 0.0557. The van der Waals surface area contributed by atoms with E-state index in [4.69, 9.17) is 9.68 Å². The zero-order valence-electron chi connectivity index (χ0n) is 9.31. The fraction of sp³-hybridized carbons (Fsp3) is 0.0833. The van der Waals surface area contributed by atoms with Crippen molar-refractivity contribution >= 4 is 5.97 Å². The van der Waals surface area contributed by atoms with Gasteiger partial charge in [0.15, 0.2) is 5.76 Å². The highest BCUT2D eigenvalue weighted by atomic mass is 19.1. The van der Waals surface area contributed by atoms with E-state index in [9.17, 15) is 9.18 Å². The van der Waals surface area contributed by atoms with Gasteiger partial charge in [-0.05, 0) is 18.2 Å². The topological polar surface area (TPSA) is 76.1 Å². The number of hydrogen-bond acceptors (Lipinski definition) is 5. The number of carbonyl (C=O) groups excluding carboxylic acids is 1. The second kappa shape index (κ2) is 4.67. The number of aromatic nitrogens is 1. The van der Waals surface area contributed by atoms with Crippen molar-refractivity contribution < 1.29 is 18.3 Å². The Bertz CT molecular complexity index is 643. The van der Waals surface area contributed by atoms with Crippen molar-refractivity contribution in [3.63, 3.8) is 0 Å². The molecule has 1 heterocycles. The summed E-state index contributed by atoms with van der Waals surface area (Å²) in [6, 6.07) is 5.69. The molecule has 0 aliphatic heterocycles. The van der Waals surface area contributed by atoms with E-state index in [1.165, 1.54) is 25.4 Å². The second-order valence-electron chi connectivity index (χ2n) is 3.33. The minimum Gasteiger partial charge on any atom is -0.462 e. The predicted octanol–water partition coefficient (Wildman–Crippen LogP) is 2.14. The lowest BCUT2D eigenvalue weighted by Gasteiger charge is -1.99. The molecule has 0 atom stereocenters. The highest BCUT2D eigenvalue weighted by Gasteiger charge is 2.16. The van der Waals surface area contributed by atoms with Gasteiger partial charge in [-0.25, -0.2) is 14.2 Å². The number of hydrogen-bond donors (Lipinski definition) is 0. The van der Waals surface area contributed by atoms with Gasteiger partial charge in [-0.2, -0.15) is 5.26 Å². The standard InChI is InChI=1S/C12H7FN2O3/c1-17-12(16)11-15-6-10(18-11)8-4-7(5-14)2-3-9(8)13/h2-4,6H,1H3. The number of nitriles is 1. The van der Waals surface area contributed by atoms with Crippen LogP contribution in [0.5, 0.6) is 0 Å². The molecule has 0 amide bonds. The number of oxazole rings is 1. The summed E-state index contributed by atoms with van der Waals surface area (Å²) >= 11 is 0. The van der Waals surface area contributed by atoms with Crippen molar-refractivity contribution in [2.24, 2.45) is 0 Å². The summed E-state index contributed by atoms with van der Waals surface area (Å²) < 4.78 is 23.1. The van der Waals surface area contributed by atoms with Crippen LogP contribution in [0.3, 0.4) is 0 Å². The van der Waals surface area contributed by atoms with Gasteiger partial charge >= 0.3 is 11.9 Å². The average Bonchev–Trinajstić information content (AvgIpc) is 2.88. The maximum absolute atomic E-state index is 13.6. The number of benzene rings is 1. The Labute approximate surface area is 101 Å². The SMILES string of the molecule is COC(=O)c1ncc(-c2cc(C#N)ccc2F)o1. The molecular formula is C12H7FN2O3. The molecule has 0 bridgehead atoms. The fourth-order valence-electron chi connectivity index (χ4n) is 1.36. The number of carbonyl (C=O) groups is 1. The van der Waals surface area contributed by atoms with Gasteiger partial charge in [0.05, 0.1) is 30.5 Å². The van der Waals surface area contributed by atoms with Gasteiger partial charge in [0.1, 0.15) is 5.82 Å². The molecule has 0 N–H and O–H groups in total. The first-order valence-corrected chi connectivity index (χ1v) is 4.90. The average molecular weight is 246 g/mol. The number of methoxy groups -OCH3 is 1. The van der Waals surface area contributed by atoms with E-state index in [-0.39, 0.29) is 22.8 Å². The maximum Gasteiger partial charge on any atom is 0.394 e. The van der Waals surface area contributed by atoms with Crippen LogP contribution in [-0.2, 0) is 4.74 Å². The van der Waals surface area contributed by atoms with E-state index < -0.39 is 11.8 Å². The molecule has 90 valence electrons. The molecule has 0 aliphatic rings. The second-order valence-corrected chi connectivity index (χ2v) is 3.33. The van der Waals surface area contributed by atoms with Crippen LogP contribution in [0.4, 0.5) is 4.39 Å². The molecular weight excluding hydrogens is 239 g/mol. The third-order valence-electron chi connectivity index (χ3n) is 2.23. The Morgan fingerprint density at radius 2 is 2.33 bits per heavy atom. The smallest absolute Gasteiger partial charge is 0.394 e. The Morgan fingerprint density at radius 1 is 1.56 bits per heavy atom. The van der Waals surface area contributed by atoms with E-state index in [2.05, 4.69) is 9.72 Å². The summed E-state index contributed by atoms with van der Waals surface area (Å²) in [5.41, 5.74) is 0.346. The number of esters is 1. The zero-order valence-corrected chi connectivity index (χ0v) is 9.31. The molecule has 1 aromatic heterocycles. The van der Waals surface area contributed by atoms with E-state index in [0.29, 0.717) is 0 Å². The molecule has 2 aromatic rings. The zero-order chi connectivity index (χ0) is 13.1. The molecule has 0 aliphatic carbocycles. The predicted molar refractivity (Wildman–Crippen MR) is 58.0 cm³/mol. The third kappa shape index (κ3) is 2.06. The van der Waals surface area contributed by atoms with Gasteiger partial charge in [-0.3, -0.25) is 0 Å². The number of rotatable bonds is 2. The van der Waals surface area contributed by atoms with Gasteiger partial charge in [0, 0.05) is 0 Å². The molecule has 1 aromatic carbocycles. The lowest BCUT2D eigenvalue weighted by Crippen LogP contribution is -2.00. The largest absolute Gasteiger partial charge is 0.462 e. The van der Waals surface area contributed by atoms with Crippen molar-refractivity contribution in [1.82, 2.24) is 4.98 Å². The minimum absolute atomic E-state index is 0.0602. The van der Waals surface area contributed by atoms with Crippen molar-refractivity contribution in [2.75, 3.05) is 7.11 Å². The summed E-state index contributed by atoms with van der Waals surface area (Å²) in [6.45, 7) is 0. The molecule has 0 radical (unpaired) electrons. The first-order valence-electron chi connectivity index (χ1n) is 4.90. The van der Waals surface area contributed by atoms with E-state index in [1.807, 2.05) is 6.07 Å². The van der Waals surface area contributed by atoms with Crippen LogP contribution in [0.2, 0.25) is 0 Å². The van der Waals surface area contributed by atoms with Crippen LogP contribution in [0.1, 0.15) is 16.2 Å². The monoisotopic (exact) mass is 246 g/mol. The maximum atomic E-state index is 13.6. The first-order chi connectivity index (χ1) is 8.65. The summed E-state index contributed by atoms with van der Waals surface area (Å²) in [5, 5.41) is 8.74. The third-order valence-corrected chi connectivity index (χ3v) is 2.23. The van der Waals surface area contributed by atoms with Gasteiger partial charge in [-0.15, -0.1) is 0 Å². The normalized spacial score (nSPS) is 9.83. The molecule has 0 unspecified atom stereocenters. The Morgan fingerprint density at radius 3 is 3.00 bits per heavy atom. The first kappa shape index (κ1) is 11.8. The van der Waals surface area contributed by atoms with E-state index in [0.717, 1.165) is 6.07 Å². The van der Waals surface area contributed by atoms with Crippen molar-refractivity contribution in [1.29, 1.82) is 5.26 Å². The lowest BCUT2D eigenvalue weighted by atomic mass is 10.1. The molecule has 18 heavy (non-hydrogen) atoms. The van der Waals surface area contributed by atoms with Gasteiger partial charge < -0.3 is 9.15 Å². The Kier molecular flexibility index (Phi) is 3.06. The highest BCUT2D eigenvalue weighted by Crippen LogP contribution is 2.24. The summed E-state index contributed by atoms with van der Waals surface area (Å²) in [5.74, 6) is -1.53. The van der Waals surface area contributed by atoms with Crippen LogP contribution in [0.15, 0.2) is 28.8 Å². The van der Waals surface area contributed by atoms with Crippen LogP contribution in [0.25, 0.3) is 11.3 Å². The highest BCUT2D eigenvalue weighted by molar-refractivity contribution is 5.84. The quantitative estimate of drug-likeness (QED) is 0.758. The van der Waals surface area contributed by atoms with Gasteiger partial charge in [-0.1, -0.05) is 0 Å². The molecule has 0 fully saturated rings. The molecule has 2 rings (SSSR count). The molecule has 0 saturated heterocycles. The van der Waals surface area contributed by atoms with Crippen molar-refractivity contribution in [3.8, 4) is 17.4 Å². The molecule has 0 saturated carbocycles. The van der Waals surface area contributed by atoms with Crippen molar-refractivity contribution in [3.05, 3.63) is 41.7 Å². The summed E-state index contributed by atoms with van der Waals surface area (Å²) in [4.78, 5) is 14.8. The van der Waals surface area contributed by atoms with Gasteiger partial charge in [0.25, 0.3) is 0 Å². The van der Waals surface area contributed by atoms with Crippen LogP contribution >= 0.6 is 0 Å². The van der Waals surface area contributed by atoms with Crippen molar-refractivity contribution in [2.45, 2.75) is 0 Å². The minimum atomic E-state index is -0.752. The Hall–Kier alpha value is -2.68. The van der Waals surface area contributed by atoms with Gasteiger partial charge in [0.2, 0.25) is 0 Å². The van der Waals surface area contributed by atoms with E-state index in [1.54, 1.807) is 0 Å². The van der Waals surface area contributed by atoms with Crippen LogP contribution in [0, 0.1) is 17.1 Å². The fourth-order valence-corrected chi connectivity index (χ4v) is 1.36. The number of halogens is 1. The summed E-state index contributed by atoms with van der Waals surface area (Å²) in [6.07, 6.45) is 1.20. The van der Waals surface area contributed by atoms with Crippen LogP contribution < -0.4 is 0 Å². The number of ether oxygens (including phenoxy) is 1. The molecule has 5 nitrogen and oxygen atoms in total. The Balaban J connectivity index is 2.46. The number of nitrogens with zero attached hydrogens (tertiary/aromatic N) is 2. The summed E-state index contributed by atoms with van der Waals surface area (Å²) in [7, 11) is 1.18. The molecule has 6 heteroatoms. The van der Waals surface area contributed by atoms with Crippen LogP contribution in [-0.4, -0.2) is 18.1 Å².